The molecule has 144 valence electrons. The van der Waals surface area contributed by atoms with E-state index in [1.165, 1.54) is 18.2 Å². The van der Waals surface area contributed by atoms with Crippen LogP contribution in [0.5, 0.6) is 17.2 Å². The van der Waals surface area contributed by atoms with Crippen LogP contribution in [0.3, 0.4) is 0 Å². The number of nitrogens with zero attached hydrogens (tertiary/aromatic N) is 1. The Kier molecular flexibility index (Phi) is 5.55. The average Bonchev–Trinajstić information content (AvgIpc) is 2.98. The summed E-state index contributed by atoms with van der Waals surface area (Å²) < 4.78 is 5.33. The van der Waals surface area contributed by atoms with Crippen molar-refractivity contribution in [2.75, 3.05) is 6.61 Å². The maximum absolute atomic E-state index is 12.2. The number of carboxylic acid groups (broad SMARTS) is 1. The molecule has 28 heavy (non-hydrogen) atoms. The van der Waals surface area contributed by atoms with Crippen molar-refractivity contribution in [2.45, 2.75) is 6.92 Å². The van der Waals surface area contributed by atoms with Crippen molar-refractivity contribution in [1.29, 1.82) is 0 Å². The van der Waals surface area contributed by atoms with Gasteiger partial charge in [-0.1, -0.05) is 6.07 Å². The molecule has 0 radical (unpaired) electrons. The number of hydrogen-bond donors (Lipinski definition) is 4. The van der Waals surface area contributed by atoms with Gasteiger partial charge in [-0.15, -0.1) is 0 Å². The number of phenolic OH excluding ortho intramolecular Hbond substituents is 2. The zero-order valence-corrected chi connectivity index (χ0v) is 15.5. The van der Waals surface area contributed by atoms with Crippen molar-refractivity contribution >= 4 is 40.6 Å². The van der Waals surface area contributed by atoms with Crippen LogP contribution in [0.1, 0.15) is 22.8 Å². The molecule has 0 aromatic heterocycles. The number of carboxylic acids is 1. The van der Waals surface area contributed by atoms with Crippen LogP contribution < -0.4 is 10.1 Å². The smallest absolute Gasteiger partial charge is 0.338 e. The molecule has 1 amide bonds. The number of carbonyl (C=O) groups is 2. The predicted octanol–water partition coefficient (Wildman–Crippen LogP) is 3.09. The number of aromatic hydroxyl groups is 2. The second-order valence-electron chi connectivity index (χ2n) is 5.65. The number of carbonyl (C=O) groups excluding carboxylic acids is 1. The van der Waals surface area contributed by atoms with Gasteiger partial charge in [0.1, 0.15) is 5.75 Å². The van der Waals surface area contributed by atoms with E-state index in [2.05, 4.69) is 10.3 Å². The fourth-order valence-corrected chi connectivity index (χ4v) is 3.26. The number of hydrogen-bond acceptors (Lipinski definition) is 7. The molecule has 1 aliphatic rings. The first-order chi connectivity index (χ1) is 13.4. The molecule has 0 bridgehead atoms. The SMILES string of the molecule is CCOc1cc(/C=C2\SC(=Nc3ccc(O)cc3C(=O)O)NC2=O)ccc1O. The van der Waals surface area contributed by atoms with Crippen molar-refractivity contribution in [1.82, 2.24) is 5.32 Å². The molecule has 2 aromatic rings. The van der Waals surface area contributed by atoms with E-state index < -0.39 is 5.97 Å². The standard InChI is InChI=1S/C19H16N2O6S/c1-2-27-15-7-10(3-6-14(15)23)8-16-17(24)21-19(28-16)20-13-5-4-11(22)9-12(13)18(25)26/h3-9,22-23H,2H2,1H3,(H,25,26)(H,20,21,24)/b16-8-. The topological polar surface area (TPSA) is 128 Å². The molecule has 0 unspecified atom stereocenters. The third kappa shape index (κ3) is 4.26. The van der Waals surface area contributed by atoms with Gasteiger partial charge < -0.3 is 25.4 Å². The van der Waals surface area contributed by atoms with Gasteiger partial charge in [-0.3, -0.25) is 4.79 Å². The van der Waals surface area contributed by atoms with Crippen LogP contribution in [0.15, 0.2) is 46.3 Å². The molecule has 1 fully saturated rings. The largest absolute Gasteiger partial charge is 0.508 e. The molecule has 0 saturated carbocycles. The van der Waals surface area contributed by atoms with Crippen molar-refractivity contribution < 1.29 is 29.6 Å². The fourth-order valence-electron chi connectivity index (χ4n) is 2.43. The Morgan fingerprint density at radius 1 is 1.25 bits per heavy atom. The summed E-state index contributed by atoms with van der Waals surface area (Å²) in [6.45, 7) is 2.18. The van der Waals surface area contributed by atoms with Gasteiger partial charge in [0.05, 0.1) is 22.8 Å². The summed E-state index contributed by atoms with van der Waals surface area (Å²) in [6.07, 6.45) is 1.61. The first kappa shape index (κ1) is 19.3. The third-order valence-electron chi connectivity index (χ3n) is 3.66. The molecule has 1 heterocycles. The number of ether oxygens (including phenoxy) is 1. The van der Waals surface area contributed by atoms with E-state index >= 15 is 0 Å². The molecule has 3 rings (SSSR count). The third-order valence-corrected chi connectivity index (χ3v) is 4.57. The van der Waals surface area contributed by atoms with Gasteiger partial charge in [0.15, 0.2) is 16.7 Å². The maximum atomic E-state index is 12.2. The fraction of sp³-hybridized carbons (Fsp3) is 0.105. The summed E-state index contributed by atoms with van der Waals surface area (Å²) >= 11 is 1.05. The molecule has 2 aromatic carbocycles. The first-order valence-electron chi connectivity index (χ1n) is 8.19. The molecular formula is C19H16N2O6S. The highest BCUT2D eigenvalue weighted by molar-refractivity contribution is 8.18. The highest BCUT2D eigenvalue weighted by Gasteiger charge is 2.24. The second-order valence-corrected chi connectivity index (χ2v) is 6.68. The Morgan fingerprint density at radius 2 is 2.04 bits per heavy atom. The van der Waals surface area contributed by atoms with Gasteiger partial charge in [0, 0.05) is 0 Å². The number of phenols is 2. The van der Waals surface area contributed by atoms with Gasteiger partial charge in [-0.2, -0.15) is 0 Å². The van der Waals surface area contributed by atoms with Crippen molar-refractivity contribution in [3.8, 4) is 17.2 Å². The van der Waals surface area contributed by atoms with Crippen molar-refractivity contribution in [3.63, 3.8) is 0 Å². The van der Waals surface area contributed by atoms with Crippen molar-refractivity contribution in [3.05, 3.63) is 52.4 Å². The van der Waals surface area contributed by atoms with Gasteiger partial charge >= 0.3 is 5.97 Å². The van der Waals surface area contributed by atoms with Crippen LogP contribution in [0.25, 0.3) is 6.08 Å². The van der Waals surface area contributed by atoms with E-state index in [9.17, 15) is 24.9 Å². The Labute approximate surface area is 164 Å². The predicted molar refractivity (Wildman–Crippen MR) is 105 cm³/mol. The lowest BCUT2D eigenvalue weighted by Gasteiger charge is -2.06. The van der Waals surface area contributed by atoms with E-state index in [4.69, 9.17) is 4.74 Å². The molecule has 0 atom stereocenters. The molecule has 9 heteroatoms. The quantitative estimate of drug-likeness (QED) is 0.568. The Bertz CT molecular complexity index is 1020. The number of benzene rings is 2. The summed E-state index contributed by atoms with van der Waals surface area (Å²) in [5.74, 6) is -1.51. The van der Waals surface area contributed by atoms with E-state index in [1.54, 1.807) is 25.1 Å². The Morgan fingerprint density at radius 3 is 2.75 bits per heavy atom. The van der Waals surface area contributed by atoms with E-state index in [1.807, 2.05) is 0 Å². The maximum Gasteiger partial charge on any atom is 0.338 e. The summed E-state index contributed by atoms with van der Waals surface area (Å²) in [6, 6.07) is 8.48. The minimum absolute atomic E-state index is 0.00306. The first-order valence-corrected chi connectivity index (χ1v) is 9.00. The number of aromatic carboxylic acids is 1. The van der Waals surface area contributed by atoms with Crippen LogP contribution >= 0.6 is 11.8 Å². The van der Waals surface area contributed by atoms with Crippen LogP contribution in [-0.4, -0.2) is 39.0 Å². The Balaban J connectivity index is 1.88. The molecule has 0 aliphatic carbocycles. The lowest BCUT2D eigenvalue weighted by atomic mass is 10.2. The summed E-state index contributed by atoms with van der Waals surface area (Å²) in [4.78, 5) is 28.0. The van der Waals surface area contributed by atoms with Gasteiger partial charge in [0.25, 0.3) is 5.91 Å². The highest BCUT2D eigenvalue weighted by Crippen LogP contribution is 2.32. The van der Waals surface area contributed by atoms with Crippen molar-refractivity contribution in [2.24, 2.45) is 4.99 Å². The minimum Gasteiger partial charge on any atom is -0.508 e. The van der Waals surface area contributed by atoms with Crippen LogP contribution in [0, 0.1) is 0 Å². The summed E-state index contributed by atoms with van der Waals surface area (Å²) in [7, 11) is 0. The molecule has 0 spiro atoms. The summed E-state index contributed by atoms with van der Waals surface area (Å²) in [5, 5.41) is 31.2. The van der Waals surface area contributed by atoms with Crippen LogP contribution in [0.2, 0.25) is 0 Å². The number of amides is 1. The van der Waals surface area contributed by atoms with E-state index in [0.717, 1.165) is 17.8 Å². The molecule has 4 N–H and O–H groups in total. The lowest BCUT2D eigenvalue weighted by molar-refractivity contribution is -0.115. The van der Waals surface area contributed by atoms with Crippen LogP contribution in [-0.2, 0) is 4.79 Å². The number of amidine groups is 1. The number of rotatable bonds is 5. The normalized spacial score (nSPS) is 16.4. The molecular weight excluding hydrogens is 384 g/mol. The molecule has 1 saturated heterocycles. The van der Waals surface area contributed by atoms with E-state index in [0.29, 0.717) is 22.8 Å². The highest BCUT2D eigenvalue weighted by atomic mass is 32.2. The zero-order chi connectivity index (χ0) is 20.3. The van der Waals surface area contributed by atoms with Gasteiger partial charge in [0.2, 0.25) is 0 Å². The minimum atomic E-state index is -1.24. The number of nitrogens with one attached hydrogen (secondary N) is 1. The van der Waals surface area contributed by atoms with Gasteiger partial charge in [-0.05, 0) is 60.7 Å². The van der Waals surface area contributed by atoms with E-state index in [-0.39, 0.29) is 33.8 Å². The second kappa shape index (κ2) is 8.05. The molecule has 8 nitrogen and oxygen atoms in total. The Hall–Kier alpha value is -3.46. The summed E-state index contributed by atoms with van der Waals surface area (Å²) in [5.41, 5.74) is 0.577. The number of aliphatic imine (C=N–C) groups is 1. The monoisotopic (exact) mass is 400 g/mol. The van der Waals surface area contributed by atoms with Gasteiger partial charge in [-0.25, -0.2) is 9.79 Å². The number of thioether (sulfide) groups is 1. The van der Waals surface area contributed by atoms with Crippen LogP contribution in [0.4, 0.5) is 5.69 Å². The average molecular weight is 400 g/mol. The lowest BCUT2D eigenvalue weighted by Crippen LogP contribution is -2.19. The molecule has 1 aliphatic heterocycles. The zero-order valence-electron chi connectivity index (χ0n) is 14.7.